The molecule has 3 heterocycles. The molecule has 0 saturated heterocycles. The second-order valence-electron chi connectivity index (χ2n) is 8.98. The average Bonchev–Trinajstić information content (AvgIpc) is 3.40. The van der Waals surface area contributed by atoms with Crippen molar-refractivity contribution < 1.29 is 23.9 Å². The van der Waals surface area contributed by atoms with Gasteiger partial charge in [-0.05, 0) is 50.8 Å². The van der Waals surface area contributed by atoms with Gasteiger partial charge in [0.25, 0.3) is 11.5 Å². The number of hydrogen-bond donors (Lipinski definition) is 0. The maximum absolute atomic E-state index is 14.2. The fourth-order valence-electron chi connectivity index (χ4n) is 4.94. The van der Waals surface area contributed by atoms with Crippen LogP contribution in [0.1, 0.15) is 37.9 Å². The SMILES string of the molecule is CCOC(=O)CN1C(=O)/C(=c2/sc3n(c2=O)[C@H](c2ccc(SC)cc2)C(C(=O)OCC)=C(C)N=3)c2ccccc21. The van der Waals surface area contributed by atoms with Crippen LogP contribution in [0.15, 0.2) is 74.5 Å². The Kier molecular flexibility index (Phi) is 7.77. The normalized spacial score (nSPS) is 17.4. The quantitative estimate of drug-likeness (QED) is 0.314. The first-order valence-electron chi connectivity index (χ1n) is 12.7. The number of thiazole rings is 1. The highest BCUT2D eigenvalue weighted by Crippen LogP contribution is 2.36. The van der Waals surface area contributed by atoms with Crippen LogP contribution >= 0.6 is 23.1 Å². The second-order valence-corrected chi connectivity index (χ2v) is 10.8. The molecule has 2 aliphatic heterocycles. The lowest BCUT2D eigenvalue weighted by Gasteiger charge is -2.24. The summed E-state index contributed by atoms with van der Waals surface area (Å²) in [6.07, 6.45) is 1.97. The van der Waals surface area contributed by atoms with Gasteiger partial charge in [-0.2, -0.15) is 0 Å². The van der Waals surface area contributed by atoms with Crippen molar-refractivity contribution >= 4 is 52.2 Å². The number of carbonyl (C=O) groups excluding carboxylic acids is 3. The fourth-order valence-corrected chi connectivity index (χ4v) is 6.48. The summed E-state index contributed by atoms with van der Waals surface area (Å²) in [5.74, 6) is -1.57. The Labute approximate surface area is 238 Å². The van der Waals surface area contributed by atoms with Crippen LogP contribution in [0.4, 0.5) is 5.69 Å². The van der Waals surface area contributed by atoms with Gasteiger partial charge in [0.1, 0.15) is 11.1 Å². The van der Waals surface area contributed by atoms with Gasteiger partial charge in [0, 0.05) is 10.5 Å². The molecule has 0 radical (unpaired) electrons. The van der Waals surface area contributed by atoms with Crippen LogP contribution in [0.3, 0.4) is 0 Å². The number of amides is 1. The molecule has 0 spiro atoms. The number of carbonyl (C=O) groups is 3. The predicted octanol–water partition coefficient (Wildman–Crippen LogP) is 2.80. The van der Waals surface area contributed by atoms with E-state index in [0.29, 0.717) is 21.7 Å². The van der Waals surface area contributed by atoms with Crippen molar-refractivity contribution in [3.8, 4) is 0 Å². The number of hydrogen-bond acceptors (Lipinski definition) is 9. The van der Waals surface area contributed by atoms with Gasteiger partial charge in [-0.15, -0.1) is 11.8 Å². The summed E-state index contributed by atoms with van der Waals surface area (Å²) in [7, 11) is 0. The van der Waals surface area contributed by atoms with E-state index in [1.807, 2.05) is 30.5 Å². The van der Waals surface area contributed by atoms with E-state index in [9.17, 15) is 19.2 Å². The van der Waals surface area contributed by atoms with E-state index < -0.39 is 29.4 Å². The Morgan fingerprint density at radius 2 is 1.73 bits per heavy atom. The molecule has 0 aliphatic carbocycles. The van der Waals surface area contributed by atoms with Gasteiger partial charge >= 0.3 is 11.9 Å². The largest absolute Gasteiger partial charge is 0.465 e. The Morgan fingerprint density at radius 1 is 1.02 bits per heavy atom. The molecule has 0 unspecified atom stereocenters. The summed E-state index contributed by atoms with van der Waals surface area (Å²) >= 11 is 2.67. The van der Waals surface area contributed by atoms with E-state index in [2.05, 4.69) is 4.99 Å². The highest BCUT2D eigenvalue weighted by Gasteiger charge is 2.38. The minimum atomic E-state index is -0.789. The van der Waals surface area contributed by atoms with Crippen LogP contribution in [-0.2, 0) is 23.9 Å². The van der Waals surface area contributed by atoms with Gasteiger partial charge in [-0.3, -0.25) is 23.9 Å². The van der Waals surface area contributed by atoms with Gasteiger partial charge in [0.05, 0.1) is 41.8 Å². The molecule has 11 heteroatoms. The molecule has 9 nitrogen and oxygen atoms in total. The molecule has 2 aliphatic rings. The Morgan fingerprint density at radius 3 is 2.40 bits per heavy atom. The van der Waals surface area contributed by atoms with Gasteiger partial charge < -0.3 is 9.47 Å². The van der Waals surface area contributed by atoms with E-state index in [1.54, 1.807) is 56.8 Å². The lowest BCUT2D eigenvalue weighted by Crippen LogP contribution is -2.41. The van der Waals surface area contributed by atoms with Crippen molar-refractivity contribution in [2.75, 3.05) is 30.9 Å². The number of thioether (sulfide) groups is 1. The van der Waals surface area contributed by atoms with Crippen molar-refractivity contribution in [3.05, 3.63) is 90.6 Å². The van der Waals surface area contributed by atoms with Crippen LogP contribution in [0, 0.1) is 0 Å². The molecule has 40 heavy (non-hydrogen) atoms. The molecule has 0 bridgehead atoms. The number of nitrogens with zero attached hydrogens (tertiary/aromatic N) is 3. The van der Waals surface area contributed by atoms with E-state index in [-0.39, 0.29) is 35.4 Å². The number of ether oxygens (including phenoxy) is 2. The first kappa shape index (κ1) is 27.6. The van der Waals surface area contributed by atoms with E-state index in [1.165, 1.54) is 9.47 Å². The van der Waals surface area contributed by atoms with Crippen molar-refractivity contribution in [2.24, 2.45) is 4.99 Å². The zero-order valence-corrected chi connectivity index (χ0v) is 24.1. The predicted molar refractivity (Wildman–Crippen MR) is 153 cm³/mol. The molecule has 1 aromatic heterocycles. The molecule has 2 aromatic carbocycles. The van der Waals surface area contributed by atoms with E-state index in [0.717, 1.165) is 21.8 Å². The minimum absolute atomic E-state index is 0.171. The zero-order chi connectivity index (χ0) is 28.6. The summed E-state index contributed by atoms with van der Waals surface area (Å²) in [6.45, 7) is 5.22. The van der Waals surface area contributed by atoms with Crippen molar-refractivity contribution in [3.63, 3.8) is 0 Å². The summed E-state index contributed by atoms with van der Waals surface area (Å²) in [5, 5.41) is 0. The number of benzene rings is 2. The lowest BCUT2D eigenvalue weighted by molar-refractivity contribution is -0.142. The Hall–Kier alpha value is -3.96. The molecule has 1 atom stereocenters. The number of rotatable bonds is 7. The molecule has 5 rings (SSSR count). The third-order valence-corrected chi connectivity index (χ3v) is 8.46. The Balaban J connectivity index is 1.75. The molecule has 1 amide bonds. The average molecular weight is 578 g/mol. The topological polar surface area (TPSA) is 107 Å². The van der Waals surface area contributed by atoms with Crippen molar-refractivity contribution in [1.29, 1.82) is 0 Å². The molecule has 206 valence electrons. The zero-order valence-electron chi connectivity index (χ0n) is 22.4. The number of anilines is 1. The minimum Gasteiger partial charge on any atom is -0.465 e. The van der Waals surface area contributed by atoms with E-state index in [4.69, 9.17) is 9.47 Å². The standard InChI is InChI=1S/C29H27N3O6S2/c1-5-37-21(33)15-31-20-10-8-7-9-19(20)23(26(31)34)25-27(35)32-24(17-11-13-18(39-4)14-12-17)22(28(36)38-6-2)16(3)30-29(32)40-25/h7-14,24H,5-6,15H2,1-4H3/b25-23+/t24-/m1/s1. The number of para-hydroxylation sites is 1. The maximum Gasteiger partial charge on any atom is 0.338 e. The van der Waals surface area contributed by atoms with E-state index >= 15 is 0 Å². The van der Waals surface area contributed by atoms with Gasteiger partial charge in [0.15, 0.2) is 4.80 Å². The third-order valence-electron chi connectivity index (χ3n) is 6.67. The fraction of sp³-hybridized carbons (Fsp3) is 0.276. The summed E-state index contributed by atoms with van der Waals surface area (Å²) in [4.78, 5) is 60.7. The number of aromatic nitrogens is 1. The molecular weight excluding hydrogens is 550 g/mol. The number of fused-ring (bicyclic) bond motifs is 2. The molecule has 3 aromatic rings. The summed E-state index contributed by atoms with van der Waals surface area (Å²) in [6, 6.07) is 13.9. The molecule has 0 saturated carbocycles. The number of allylic oxidation sites excluding steroid dienone is 1. The number of esters is 2. The van der Waals surface area contributed by atoms with Crippen LogP contribution in [0.2, 0.25) is 0 Å². The highest BCUT2D eigenvalue weighted by atomic mass is 32.2. The van der Waals surface area contributed by atoms with Crippen LogP contribution in [0.5, 0.6) is 0 Å². The third kappa shape index (κ3) is 4.69. The van der Waals surface area contributed by atoms with Gasteiger partial charge in [-0.25, -0.2) is 9.79 Å². The second kappa shape index (κ2) is 11.3. The molecule has 0 N–H and O–H groups in total. The first-order valence-corrected chi connectivity index (χ1v) is 14.8. The highest BCUT2D eigenvalue weighted by molar-refractivity contribution is 7.98. The molecular formula is C29H27N3O6S2. The first-order chi connectivity index (χ1) is 19.3. The van der Waals surface area contributed by atoms with Gasteiger partial charge in [0.2, 0.25) is 0 Å². The van der Waals surface area contributed by atoms with Crippen molar-refractivity contribution in [1.82, 2.24) is 4.57 Å². The van der Waals surface area contributed by atoms with Crippen LogP contribution in [0.25, 0.3) is 5.57 Å². The maximum atomic E-state index is 14.2. The van der Waals surface area contributed by atoms with Crippen molar-refractivity contribution in [2.45, 2.75) is 31.7 Å². The lowest BCUT2D eigenvalue weighted by atomic mass is 9.96. The smallest absolute Gasteiger partial charge is 0.338 e. The van der Waals surface area contributed by atoms with Crippen LogP contribution < -0.4 is 19.8 Å². The van der Waals surface area contributed by atoms with Gasteiger partial charge in [-0.1, -0.05) is 41.7 Å². The Bertz CT molecular complexity index is 1740. The monoisotopic (exact) mass is 577 g/mol. The summed E-state index contributed by atoms with van der Waals surface area (Å²) in [5.41, 5.74) is 2.24. The van der Waals surface area contributed by atoms with Crippen LogP contribution in [-0.4, -0.2) is 48.4 Å². The summed E-state index contributed by atoms with van der Waals surface area (Å²) < 4.78 is 12.1. The molecule has 0 fully saturated rings.